The lowest BCUT2D eigenvalue weighted by molar-refractivity contribution is 0.00928. The largest absolute Gasteiger partial charge is 0.382 e. The lowest BCUT2D eigenvalue weighted by Gasteiger charge is -2.23. The number of hydrogen-bond acceptors (Lipinski definition) is 4. The Morgan fingerprint density at radius 1 is 1.14 bits per heavy atom. The second-order valence-electron chi connectivity index (χ2n) is 5.48. The molecule has 0 fully saturated rings. The number of fused-ring (bicyclic) bond motifs is 1. The van der Waals surface area contributed by atoms with Gasteiger partial charge in [-0.3, -0.25) is 0 Å². The Labute approximate surface area is 127 Å². The summed E-state index contributed by atoms with van der Waals surface area (Å²) < 4.78 is 16.4. The quantitative estimate of drug-likeness (QED) is 0.591. The number of rotatable bonds is 8. The minimum Gasteiger partial charge on any atom is -0.382 e. The number of ether oxygens (including phenoxy) is 3. The lowest BCUT2D eigenvalue weighted by atomic mass is 9.98. The third-order valence-electron chi connectivity index (χ3n) is 3.95. The summed E-state index contributed by atoms with van der Waals surface area (Å²) in [7, 11) is 1.68. The van der Waals surface area contributed by atoms with Crippen LogP contribution in [0.4, 0.5) is 0 Å². The maximum Gasteiger partial charge on any atom is 0.0767 e. The standard InChI is InChI=1S/C17H27NO3/c1-19-12-13-20-10-5-11-21-16-9-4-7-14-6-2-3-8-15(14)17(16)18/h2-3,6,8,16-17H,4-5,7,9-13,18H2,1H3. The van der Waals surface area contributed by atoms with E-state index in [1.54, 1.807) is 7.11 Å². The zero-order chi connectivity index (χ0) is 14.9. The summed E-state index contributed by atoms with van der Waals surface area (Å²) in [4.78, 5) is 0. The monoisotopic (exact) mass is 293 g/mol. The molecule has 1 aromatic rings. The van der Waals surface area contributed by atoms with Gasteiger partial charge in [-0.25, -0.2) is 0 Å². The summed E-state index contributed by atoms with van der Waals surface area (Å²) in [5.41, 5.74) is 9.02. The first kappa shape index (κ1) is 16.4. The predicted molar refractivity (Wildman–Crippen MR) is 83.4 cm³/mol. The first-order chi connectivity index (χ1) is 10.3. The molecule has 1 aliphatic rings. The van der Waals surface area contributed by atoms with E-state index >= 15 is 0 Å². The number of nitrogens with two attached hydrogens (primary N) is 1. The highest BCUT2D eigenvalue weighted by molar-refractivity contribution is 5.31. The van der Waals surface area contributed by atoms with Gasteiger partial charge in [-0.05, 0) is 36.8 Å². The van der Waals surface area contributed by atoms with Crippen molar-refractivity contribution in [1.29, 1.82) is 0 Å². The highest BCUT2D eigenvalue weighted by Gasteiger charge is 2.24. The molecule has 0 radical (unpaired) electrons. The van der Waals surface area contributed by atoms with E-state index in [2.05, 4.69) is 24.3 Å². The summed E-state index contributed by atoms with van der Waals surface area (Å²) in [6, 6.07) is 8.45. The van der Waals surface area contributed by atoms with Gasteiger partial charge in [0, 0.05) is 20.3 Å². The second-order valence-corrected chi connectivity index (χ2v) is 5.48. The van der Waals surface area contributed by atoms with Gasteiger partial charge >= 0.3 is 0 Å². The van der Waals surface area contributed by atoms with Gasteiger partial charge in [-0.1, -0.05) is 24.3 Å². The highest BCUT2D eigenvalue weighted by Crippen LogP contribution is 2.28. The van der Waals surface area contributed by atoms with Crippen molar-refractivity contribution in [3.05, 3.63) is 35.4 Å². The van der Waals surface area contributed by atoms with Gasteiger partial charge < -0.3 is 19.9 Å². The van der Waals surface area contributed by atoms with Gasteiger partial charge in [0.2, 0.25) is 0 Å². The fraction of sp³-hybridized carbons (Fsp3) is 0.647. The van der Waals surface area contributed by atoms with E-state index in [0.29, 0.717) is 26.4 Å². The van der Waals surface area contributed by atoms with Crippen LogP contribution >= 0.6 is 0 Å². The van der Waals surface area contributed by atoms with Crippen LogP contribution in [-0.2, 0) is 20.6 Å². The van der Waals surface area contributed by atoms with Crippen LogP contribution in [0.5, 0.6) is 0 Å². The van der Waals surface area contributed by atoms with Crippen molar-refractivity contribution < 1.29 is 14.2 Å². The van der Waals surface area contributed by atoms with Crippen molar-refractivity contribution in [3.8, 4) is 0 Å². The summed E-state index contributed by atoms with van der Waals surface area (Å²) >= 11 is 0. The molecule has 0 amide bonds. The molecule has 0 bridgehead atoms. The first-order valence-corrected chi connectivity index (χ1v) is 7.84. The Balaban J connectivity index is 1.74. The van der Waals surface area contributed by atoms with Crippen molar-refractivity contribution in [1.82, 2.24) is 0 Å². The van der Waals surface area contributed by atoms with Gasteiger partial charge in [0.15, 0.2) is 0 Å². The molecule has 0 aromatic heterocycles. The minimum atomic E-state index is -0.0156. The molecule has 0 saturated carbocycles. The molecular formula is C17H27NO3. The van der Waals surface area contributed by atoms with E-state index in [9.17, 15) is 0 Å². The summed E-state index contributed by atoms with van der Waals surface area (Å²) in [6.07, 6.45) is 4.28. The Kier molecular flexibility index (Phi) is 7.16. The Bertz CT molecular complexity index is 411. The minimum absolute atomic E-state index is 0.0156. The molecule has 2 rings (SSSR count). The first-order valence-electron chi connectivity index (χ1n) is 7.84. The Morgan fingerprint density at radius 2 is 2.00 bits per heavy atom. The molecule has 0 heterocycles. The zero-order valence-electron chi connectivity index (χ0n) is 12.9. The van der Waals surface area contributed by atoms with Crippen molar-refractivity contribution in [2.75, 3.05) is 33.5 Å². The molecule has 21 heavy (non-hydrogen) atoms. The number of aryl methyl sites for hydroxylation is 1. The molecule has 4 heteroatoms. The van der Waals surface area contributed by atoms with Crippen molar-refractivity contribution in [3.63, 3.8) is 0 Å². The van der Waals surface area contributed by atoms with Crippen LogP contribution in [0.15, 0.2) is 24.3 Å². The summed E-state index contributed by atoms with van der Waals surface area (Å²) in [5.74, 6) is 0. The fourth-order valence-electron chi connectivity index (χ4n) is 2.79. The van der Waals surface area contributed by atoms with Crippen LogP contribution in [0.25, 0.3) is 0 Å². The normalized spacial score (nSPS) is 21.8. The zero-order valence-corrected chi connectivity index (χ0v) is 12.9. The Hall–Kier alpha value is -0.940. The smallest absolute Gasteiger partial charge is 0.0767 e. The molecule has 118 valence electrons. The molecule has 2 N–H and O–H groups in total. The predicted octanol–water partition coefficient (Wildman–Crippen LogP) is 2.46. The maximum absolute atomic E-state index is 6.40. The van der Waals surface area contributed by atoms with Crippen LogP contribution in [-0.4, -0.2) is 39.6 Å². The lowest BCUT2D eigenvalue weighted by Crippen LogP contribution is -2.29. The maximum atomic E-state index is 6.40. The van der Waals surface area contributed by atoms with E-state index in [1.165, 1.54) is 11.1 Å². The van der Waals surface area contributed by atoms with Gasteiger partial charge in [0.05, 0.1) is 25.4 Å². The van der Waals surface area contributed by atoms with Gasteiger partial charge in [-0.2, -0.15) is 0 Å². The average molecular weight is 293 g/mol. The summed E-state index contributed by atoms with van der Waals surface area (Å²) in [6.45, 7) is 2.70. The van der Waals surface area contributed by atoms with E-state index in [1.807, 2.05) is 0 Å². The third kappa shape index (κ3) is 5.08. The van der Waals surface area contributed by atoms with E-state index < -0.39 is 0 Å². The van der Waals surface area contributed by atoms with Gasteiger partial charge in [0.1, 0.15) is 0 Å². The molecule has 2 unspecified atom stereocenters. The van der Waals surface area contributed by atoms with Crippen molar-refractivity contribution >= 4 is 0 Å². The van der Waals surface area contributed by atoms with E-state index in [4.69, 9.17) is 19.9 Å². The van der Waals surface area contributed by atoms with Crippen molar-refractivity contribution in [2.24, 2.45) is 5.73 Å². The molecule has 0 aliphatic heterocycles. The molecule has 0 saturated heterocycles. The van der Waals surface area contributed by atoms with Gasteiger partial charge in [-0.15, -0.1) is 0 Å². The average Bonchev–Trinajstić information content (AvgIpc) is 2.67. The molecule has 1 aliphatic carbocycles. The second kappa shape index (κ2) is 9.15. The van der Waals surface area contributed by atoms with Gasteiger partial charge in [0.25, 0.3) is 0 Å². The molecule has 0 spiro atoms. The number of benzene rings is 1. The molecule has 1 aromatic carbocycles. The number of methoxy groups -OCH3 is 1. The topological polar surface area (TPSA) is 53.7 Å². The SMILES string of the molecule is COCCOCCCOC1CCCc2ccccc2C1N. The van der Waals surface area contributed by atoms with Crippen LogP contribution in [0.1, 0.15) is 36.4 Å². The van der Waals surface area contributed by atoms with E-state index in [0.717, 1.165) is 25.7 Å². The van der Waals surface area contributed by atoms with Crippen LogP contribution in [0.3, 0.4) is 0 Å². The summed E-state index contributed by atoms with van der Waals surface area (Å²) in [5, 5.41) is 0. The Morgan fingerprint density at radius 3 is 2.86 bits per heavy atom. The third-order valence-corrected chi connectivity index (χ3v) is 3.95. The number of hydrogen-bond donors (Lipinski definition) is 1. The van der Waals surface area contributed by atoms with Crippen molar-refractivity contribution in [2.45, 2.75) is 37.8 Å². The fourth-order valence-corrected chi connectivity index (χ4v) is 2.79. The van der Waals surface area contributed by atoms with Crippen LogP contribution in [0.2, 0.25) is 0 Å². The molecule has 2 atom stereocenters. The van der Waals surface area contributed by atoms with Crippen LogP contribution in [0, 0.1) is 0 Å². The molecular weight excluding hydrogens is 266 g/mol. The van der Waals surface area contributed by atoms with E-state index in [-0.39, 0.29) is 12.1 Å². The highest BCUT2D eigenvalue weighted by atomic mass is 16.5. The molecule has 4 nitrogen and oxygen atoms in total. The van der Waals surface area contributed by atoms with Crippen LogP contribution < -0.4 is 5.73 Å².